The van der Waals surface area contributed by atoms with Crippen molar-refractivity contribution in [3.63, 3.8) is 0 Å². The lowest BCUT2D eigenvalue weighted by molar-refractivity contribution is 0.0600. The molecule has 0 aliphatic rings. The van der Waals surface area contributed by atoms with E-state index in [2.05, 4.69) is 34.1 Å². The topological polar surface area (TPSA) is 51.2 Å². The fraction of sp³-hybridized carbons (Fsp3) is 0.333. The SMILES string of the molecule is CCc1ccc(CNCc2ccc(C(=O)OC)cn2)s1. The smallest absolute Gasteiger partial charge is 0.339 e. The Kier molecular flexibility index (Phi) is 5.26. The van der Waals surface area contributed by atoms with Gasteiger partial charge in [-0.1, -0.05) is 6.92 Å². The van der Waals surface area contributed by atoms with Gasteiger partial charge in [-0.15, -0.1) is 11.3 Å². The van der Waals surface area contributed by atoms with Crippen LogP contribution < -0.4 is 5.32 Å². The van der Waals surface area contributed by atoms with Gasteiger partial charge in [-0.3, -0.25) is 4.98 Å². The van der Waals surface area contributed by atoms with Crippen molar-refractivity contribution in [2.45, 2.75) is 26.4 Å². The number of nitrogens with zero attached hydrogens (tertiary/aromatic N) is 1. The maximum absolute atomic E-state index is 11.3. The van der Waals surface area contributed by atoms with Crippen LogP contribution >= 0.6 is 11.3 Å². The number of carbonyl (C=O) groups excluding carboxylic acids is 1. The second-order valence-electron chi connectivity index (χ2n) is 4.35. The molecular weight excluding hydrogens is 272 g/mol. The standard InChI is InChI=1S/C15H18N2O2S/c1-3-13-6-7-14(20-13)10-16-9-12-5-4-11(8-17-12)15(18)19-2/h4-8,16H,3,9-10H2,1-2H3. The van der Waals surface area contributed by atoms with Crippen molar-refractivity contribution in [2.24, 2.45) is 0 Å². The van der Waals surface area contributed by atoms with Crippen LogP contribution in [0.5, 0.6) is 0 Å². The van der Waals surface area contributed by atoms with Crippen LogP contribution in [0.3, 0.4) is 0 Å². The second-order valence-corrected chi connectivity index (χ2v) is 5.61. The van der Waals surface area contributed by atoms with Crippen LogP contribution in [0.25, 0.3) is 0 Å². The zero-order valence-electron chi connectivity index (χ0n) is 11.7. The minimum atomic E-state index is -0.359. The van der Waals surface area contributed by atoms with Crippen molar-refractivity contribution in [2.75, 3.05) is 7.11 Å². The number of esters is 1. The number of pyridine rings is 1. The first kappa shape index (κ1) is 14.7. The molecule has 0 unspecified atom stereocenters. The van der Waals surface area contributed by atoms with Gasteiger partial charge in [0.15, 0.2) is 0 Å². The quantitative estimate of drug-likeness (QED) is 0.831. The molecule has 20 heavy (non-hydrogen) atoms. The van der Waals surface area contributed by atoms with Crippen LogP contribution in [0, 0.1) is 0 Å². The Bertz CT molecular complexity index is 564. The molecule has 2 aromatic rings. The van der Waals surface area contributed by atoms with Gasteiger partial charge in [0, 0.05) is 29.0 Å². The fourth-order valence-electron chi connectivity index (χ4n) is 1.79. The first-order valence-corrected chi connectivity index (χ1v) is 7.36. The number of hydrogen-bond acceptors (Lipinski definition) is 5. The second kappa shape index (κ2) is 7.17. The highest BCUT2D eigenvalue weighted by atomic mass is 32.1. The molecule has 0 atom stereocenters. The van der Waals surface area contributed by atoms with Gasteiger partial charge in [-0.05, 0) is 30.7 Å². The minimum absolute atomic E-state index is 0.359. The fourth-order valence-corrected chi connectivity index (χ4v) is 2.72. The molecule has 4 nitrogen and oxygen atoms in total. The maximum Gasteiger partial charge on any atom is 0.339 e. The highest BCUT2D eigenvalue weighted by Gasteiger charge is 2.05. The van der Waals surface area contributed by atoms with Crippen LogP contribution in [-0.4, -0.2) is 18.1 Å². The Hall–Kier alpha value is -1.72. The number of nitrogens with one attached hydrogen (secondary N) is 1. The monoisotopic (exact) mass is 290 g/mol. The van der Waals surface area contributed by atoms with Crippen molar-refractivity contribution in [3.8, 4) is 0 Å². The average molecular weight is 290 g/mol. The van der Waals surface area contributed by atoms with Crippen molar-refractivity contribution in [3.05, 3.63) is 51.5 Å². The van der Waals surface area contributed by atoms with Crippen molar-refractivity contribution in [1.82, 2.24) is 10.3 Å². The number of methoxy groups -OCH3 is 1. The van der Waals surface area contributed by atoms with Gasteiger partial charge in [0.1, 0.15) is 0 Å². The number of hydrogen-bond donors (Lipinski definition) is 1. The summed E-state index contributed by atoms with van der Waals surface area (Å²) in [6.45, 7) is 3.68. The number of thiophene rings is 1. The van der Waals surface area contributed by atoms with Gasteiger partial charge < -0.3 is 10.1 Å². The Balaban J connectivity index is 1.83. The summed E-state index contributed by atoms with van der Waals surface area (Å²) in [5, 5.41) is 3.35. The lowest BCUT2D eigenvalue weighted by Gasteiger charge is -2.04. The van der Waals surface area contributed by atoms with E-state index in [9.17, 15) is 4.79 Å². The molecule has 0 bridgehead atoms. The van der Waals surface area contributed by atoms with Gasteiger partial charge >= 0.3 is 5.97 Å². The number of rotatable bonds is 6. The van der Waals surface area contributed by atoms with E-state index in [0.29, 0.717) is 12.1 Å². The van der Waals surface area contributed by atoms with Crippen LogP contribution in [0.2, 0.25) is 0 Å². The molecule has 0 saturated carbocycles. The third-order valence-electron chi connectivity index (χ3n) is 2.92. The van der Waals surface area contributed by atoms with Gasteiger partial charge in [-0.25, -0.2) is 4.79 Å². The van der Waals surface area contributed by atoms with Crippen LogP contribution in [0.4, 0.5) is 0 Å². The first-order valence-electron chi connectivity index (χ1n) is 6.54. The minimum Gasteiger partial charge on any atom is -0.465 e. The molecule has 0 aliphatic heterocycles. The van der Waals surface area contributed by atoms with E-state index < -0.39 is 0 Å². The molecule has 2 rings (SSSR count). The summed E-state index contributed by atoms with van der Waals surface area (Å²) < 4.78 is 4.63. The van der Waals surface area contributed by atoms with E-state index in [4.69, 9.17) is 0 Å². The van der Waals surface area contributed by atoms with Gasteiger partial charge in [0.25, 0.3) is 0 Å². The molecule has 0 fully saturated rings. The predicted octanol–water partition coefficient (Wildman–Crippen LogP) is 2.78. The molecule has 106 valence electrons. The molecule has 0 spiro atoms. The molecular formula is C15H18N2O2S. The largest absolute Gasteiger partial charge is 0.465 e. The van der Waals surface area contributed by atoms with Gasteiger partial charge in [0.2, 0.25) is 0 Å². The van der Waals surface area contributed by atoms with Crippen molar-refractivity contribution in [1.29, 1.82) is 0 Å². The van der Waals surface area contributed by atoms with Crippen LogP contribution in [0.1, 0.15) is 32.7 Å². The summed E-state index contributed by atoms with van der Waals surface area (Å²) in [6.07, 6.45) is 2.63. The molecule has 0 radical (unpaired) electrons. The molecule has 0 aliphatic carbocycles. The normalized spacial score (nSPS) is 10.5. The Morgan fingerprint density at radius 2 is 2.05 bits per heavy atom. The zero-order chi connectivity index (χ0) is 14.4. The van der Waals surface area contributed by atoms with E-state index in [1.807, 2.05) is 17.4 Å². The highest BCUT2D eigenvalue weighted by Crippen LogP contribution is 2.16. The van der Waals surface area contributed by atoms with Crippen molar-refractivity contribution < 1.29 is 9.53 Å². The summed E-state index contributed by atoms with van der Waals surface area (Å²) in [4.78, 5) is 18.3. The maximum atomic E-state index is 11.3. The molecule has 0 amide bonds. The number of aromatic nitrogens is 1. The van der Waals surface area contributed by atoms with Crippen molar-refractivity contribution >= 4 is 17.3 Å². The van der Waals surface area contributed by atoms with Gasteiger partial charge in [-0.2, -0.15) is 0 Å². The summed E-state index contributed by atoms with van der Waals surface area (Å²) in [7, 11) is 1.36. The van der Waals surface area contributed by atoms with Gasteiger partial charge in [0.05, 0.1) is 18.4 Å². The summed E-state index contributed by atoms with van der Waals surface area (Å²) in [5.74, 6) is -0.359. The van der Waals surface area contributed by atoms with Crippen LogP contribution in [-0.2, 0) is 24.2 Å². The Morgan fingerprint density at radius 1 is 1.25 bits per heavy atom. The number of ether oxygens (including phenoxy) is 1. The highest BCUT2D eigenvalue weighted by molar-refractivity contribution is 7.11. The third kappa shape index (κ3) is 3.88. The Morgan fingerprint density at radius 3 is 2.65 bits per heavy atom. The molecule has 2 aromatic heterocycles. The Labute approximate surface area is 122 Å². The van der Waals surface area contributed by atoms with E-state index >= 15 is 0 Å². The number of aryl methyl sites for hydroxylation is 1. The molecule has 0 saturated heterocycles. The molecule has 2 heterocycles. The van der Waals surface area contributed by atoms with E-state index in [0.717, 1.165) is 18.7 Å². The lowest BCUT2D eigenvalue weighted by atomic mass is 10.2. The first-order chi connectivity index (χ1) is 9.72. The predicted molar refractivity (Wildman–Crippen MR) is 79.8 cm³/mol. The van der Waals surface area contributed by atoms with E-state index in [1.165, 1.54) is 16.9 Å². The molecule has 0 aromatic carbocycles. The zero-order valence-corrected chi connectivity index (χ0v) is 12.5. The number of carbonyl (C=O) groups is 1. The molecule has 1 N–H and O–H groups in total. The molecule has 5 heteroatoms. The average Bonchev–Trinajstić information content (AvgIpc) is 2.95. The summed E-state index contributed by atoms with van der Waals surface area (Å²) >= 11 is 1.83. The lowest BCUT2D eigenvalue weighted by Crippen LogP contribution is -2.13. The van der Waals surface area contributed by atoms with E-state index in [-0.39, 0.29) is 5.97 Å². The summed E-state index contributed by atoms with van der Waals surface area (Å²) in [5.41, 5.74) is 1.38. The summed E-state index contributed by atoms with van der Waals surface area (Å²) in [6, 6.07) is 7.90. The third-order valence-corrected chi connectivity index (χ3v) is 4.15. The van der Waals surface area contributed by atoms with E-state index in [1.54, 1.807) is 12.3 Å². The van der Waals surface area contributed by atoms with Crippen LogP contribution in [0.15, 0.2) is 30.5 Å².